The van der Waals surface area contributed by atoms with Crippen molar-refractivity contribution in [1.29, 1.82) is 0 Å². The van der Waals surface area contributed by atoms with Crippen LogP contribution in [0.25, 0.3) is 0 Å². The largest absolute Gasteiger partial charge is 0.370 e. The highest BCUT2D eigenvalue weighted by molar-refractivity contribution is 5.47. The summed E-state index contributed by atoms with van der Waals surface area (Å²) in [6.07, 6.45) is 1.11. The van der Waals surface area contributed by atoms with Crippen molar-refractivity contribution in [1.82, 2.24) is 14.9 Å². The van der Waals surface area contributed by atoms with Gasteiger partial charge in [-0.1, -0.05) is 0 Å². The van der Waals surface area contributed by atoms with Gasteiger partial charge in [-0.05, 0) is 47.7 Å². The van der Waals surface area contributed by atoms with Crippen LogP contribution >= 0.6 is 0 Å². The highest BCUT2D eigenvalue weighted by atomic mass is 15.1. The molecule has 108 valence electrons. The minimum absolute atomic E-state index is 0.599. The number of nitrogens with one attached hydrogen (secondary N) is 2. The minimum Gasteiger partial charge on any atom is -0.370 e. The fourth-order valence-corrected chi connectivity index (χ4v) is 1.73. The first-order chi connectivity index (χ1) is 9.02. The molecule has 0 bridgehead atoms. The molecule has 5 heteroatoms. The smallest absolute Gasteiger partial charge is 0.131 e. The van der Waals surface area contributed by atoms with E-state index in [0.29, 0.717) is 6.04 Å². The summed E-state index contributed by atoms with van der Waals surface area (Å²) in [6, 6.07) is 2.56. The Morgan fingerprint density at radius 1 is 1.21 bits per heavy atom. The topological polar surface area (TPSA) is 53.1 Å². The van der Waals surface area contributed by atoms with E-state index in [1.807, 2.05) is 13.0 Å². The molecule has 0 atom stereocenters. The zero-order valence-electron chi connectivity index (χ0n) is 12.8. The van der Waals surface area contributed by atoms with Crippen LogP contribution in [0.3, 0.4) is 0 Å². The van der Waals surface area contributed by atoms with Gasteiger partial charge in [0.2, 0.25) is 0 Å². The third kappa shape index (κ3) is 5.87. The number of hydrogen-bond donors (Lipinski definition) is 2. The van der Waals surface area contributed by atoms with Gasteiger partial charge in [0.1, 0.15) is 17.5 Å². The van der Waals surface area contributed by atoms with E-state index in [2.05, 4.69) is 53.3 Å². The van der Waals surface area contributed by atoms with E-state index in [1.165, 1.54) is 0 Å². The first-order valence-corrected chi connectivity index (χ1v) is 7.06. The average Bonchev–Trinajstić information content (AvgIpc) is 2.34. The molecule has 1 aromatic heterocycles. The van der Waals surface area contributed by atoms with E-state index >= 15 is 0 Å². The van der Waals surface area contributed by atoms with Crippen LogP contribution in [0.4, 0.5) is 11.6 Å². The van der Waals surface area contributed by atoms with Crippen LogP contribution in [0.1, 0.15) is 33.0 Å². The number of rotatable bonds is 8. The van der Waals surface area contributed by atoms with Gasteiger partial charge < -0.3 is 15.5 Å². The number of hydrogen-bond acceptors (Lipinski definition) is 5. The maximum absolute atomic E-state index is 4.39. The summed E-state index contributed by atoms with van der Waals surface area (Å²) < 4.78 is 0. The van der Waals surface area contributed by atoms with Crippen molar-refractivity contribution in [2.75, 3.05) is 37.3 Å². The quantitative estimate of drug-likeness (QED) is 0.707. The molecule has 0 aliphatic heterocycles. The molecular formula is C14H27N5. The SMILES string of the molecule is CCNc1cc(NCCCN(C)C(C)C)nc(C)n1. The maximum atomic E-state index is 4.39. The third-order valence-corrected chi connectivity index (χ3v) is 3.07. The molecule has 0 unspecified atom stereocenters. The molecule has 0 radical (unpaired) electrons. The van der Waals surface area contributed by atoms with Crippen LogP contribution in [0.2, 0.25) is 0 Å². The molecule has 0 spiro atoms. The van der Waals surface area contributed by atoms with E-state index in [0.717, 1.165) is 43.5 Å². The fraction of sp³-hybridized carbons (Fsp3) is 0.714. The average molecular weight is 265 g/mol. The van der Waals surface area contributed by atoms with Crippen LogP contribution < -0.4 is 10.6 Å². The van der Waals surface area contributed by atoms with Gasteiger partial charge in [0.05, 0.1) is 0 Å². The summed E-state index contributed by atoms with van der Waals surface area (Å²) in [5, 5.41) is 6.57. The summed E-state index contributed by atoms with van der Waals surface area (Å²) in [5.41, 5.74) is 0. The van der Waals surface area contributed by atoms with Crippen molar-refractivity contribution < 1.29 is 0 Å². The predicted octanol–water partition coefficient (Wildman–Crippen LogP) is 2.36. The molecule has 0 saturated carbocycles. The number of anilines is 2. The molecule has 2 N–H and O–H groups in total. The molecule has 5 nitrogen and oxygen atoms in total. The Bertz CT molecular complexity index is 378. The van der Waals surface area contributed by atoms with Gasteiger partial charge in [0, 0.05) is 25.2 Å². The lowest BCUT2D eigenvalue weighted by Gasteiger charge is -2.20. The van der Waals surface area contributed by atoms with Crippen LogP contribution in [-0.4, -0.2) is 47.6 Å². The van der Waals surface area contributed by atoms with E-state index in [1.54, 1.807) is 0 Å². The summed E-state index contributed by atoms with van der Waals surface area (Å²) in [6.45, 7) is 11.3. The highest BCUT2D eigenvalue weighted by Crippen LogP contribution is 2.10. The highest BCUT2D eigenvalue weighted by Gasteiger charge is 2.03. The maximum Gasteiger partial charge on any atom is 0.131 e. The lowest BCUT2D eigenvalue weighted by molar-refractivity contribution is 0.273. The van der Waals surface area contributed by atoms with E-state index in [9.17, 15) is 0 Å². The normalized spacial score (nSPS) is 11.1. The van der Waals surface area contributed by atoms with Gasteiger partial charge in [-0.15, -0.1) is 0 Å². The van der Waals surface area contributed by atoms with Crippen molar-refractivity contribution in [2.45, 2.75) is 40.2 Å². The zero-order chi connectivity index (χ0) is 14.3. The number of aromatic nitrogens is 2. The lowest BCUT2D eigenvalue weighted by Crippen LogP contribution is -2.28. The third-order valence-electron chi connectivity index (χ3n) is 3.07. The lowest BCUT2D eigenvalue weighted by atomic mass is 10.3. The second kappa shape index (κ2) is 7.94. The van der Waals surface area contributed by atoms with E-state index < -0.39 is 0 Å². The Hall–Kier alpha value is -1.36. The number of aryl methyl sites for hydroxylation is 1. The monoisotopic (exact) mass is 265 g/mol. The second-order valence-electron chi connectivity index (χ2n) is 5.07. The Balaban J connectivity index is 2.40. The van der Waals surface area contributed by atoms with Crippen LogP contribution in [0.5, 0.6) is 0 Å². The zero-order valence-corrected chi connectivity index (χ0v) is 12.8. The minimum atomic E-state index is 0.599. The summed E-state index contributed by atoms with van der Waals surface area (Å²) in [7, 11) is 2.16. The summed E-state index contributed by atoms with van der Waals surface area (Å²) in [4.78, 5) is 11.1. The van der Waals surface area contributed by atoms with Crippen molar-refractivity contribution in [3.05, 3.63) is 11.9 Å². The Morgan fingerprint density at radius 2 is 1.84 bits per heavy atom. The van der Waals surface area contributed by atoms with Crippen molar-refractivity contribution in [3.63, 3.8) is 0 Å². The van der Waals surface area contributed by atoms with Crippen LogP contribution in [0.15, 0.2) is 6.07 Å². The molecule has 0 aliphatic carbocycles. The van der Waals surface area contributed by atoms with Crippen LogP contribution in [0, 0.1) is 6.92 Å². The molecule has 0 fully saturated rings. The standard InChI is InChI=1S/C14H27N5/c1-6-15-13-10-14(18-12(4)17-13)16-8-7-9-19(5)11(2)3/h10-11H,6-9H2,1-5H3,(H2,15,16,17,18). The molecule has 0 aliphatic rings. The van der Waals surface area contributed by atoms with Crippen molar-refractivity contribution >= 4 is 11.6 Å². The Labute approximate surface area is 116 Å². The summed E-state index contributed by atoms with van der Waals surface area (Å²) >= 11 is 0. The molecule has 0 saturated heterocycles. The van der Waals surface area contributed by atoms with Gasteiger partial charge in [-0.25, -0.2) is 9.97 Å². The van der Waals surface area contributed by atoms with Gasteiger partial charge in [0.15, 0.2) is 0 Å². The van der Waals surface area contributed by atoms with Gasteiger partial charge >= 0.3 is 0 Å². The van der Waals surface area contributed by atoms with E-state index in [4.69, 9.17) is 0 Å². The predicted molar refractivity (Wildman–Crippen MR) is 81.8 cm³/mol. The molecule has 0 aromatic carbocycles. The van der Waals surface area contributed by atoms with Crippen molar-refractivity contribution in [2.24, 2.45) is 0 Å². The van der Waals surface area contributed by atoms with Gasteiger partial charge in [-0.3, -0.25) is 0 Å². The second-order valence-corrected chi connectivity index (χ2v) is 5.07. The molecule has 1 aromatic rings. The number of nitrogens with zero attached hydrogens (tertiary/aromatic N) is 3. The van der Waals surface area contributed by atoms with Gasteiger partial charge in [0.25, 0.3) is 0 Å². The Kier molecular flexibility index (Phi) is 6.56. The van der Waals surface area contributed by atoms with E-state index in [-0.39, 0.29) is 0 Å². The molecule has 1 heterocycles. The molecule has 1 rings (SSSR count). The van der Waals surface area contributed by atoms with Crippen LogP contribution in [-0.2, 0) is 0 Å². The summed E-state index contributed by atoms with van der Waals surface area (Å²) in [5.74, 6) is 2.58. The Morgan fingerprint density at radius 3 is 2.42 bits per heavy atom. The first kappa shape index (κ1) is 15.7. The fourth-order valence-electron chi connectivity index (χ4n) is 1.73. The molecule has 0 amide bonds. The van der Waals surface area contributed by atoms with Crippen molar-refractivity contribution in [3.8, 4) is 0 Å². The molecular weight excluding hydrogens is 238 g/mol. The first-order valence-electron chi connectivity index (χ1n) is 7.06. The van der Waals surface area contributed by atoms with Gasteiger partial charge in [-0.2, -0.15) is 0 Å². The molecule has 19 heavy (non-hydrogen) atoms.